The smallest absolute Gasteiger partial charge is 0.416 e. The second kappa shape index (κ2) is 12.1. The van der Waals surface area contributed by atoms with Crippen molar-refractivity contribution in [2.45, 2.75) is 33.1 Å². The number of carbonyl (C=O) groups excluding carboxylic acids is 1. The molecule has 10 heteroatoms. The lowest BCUT2D eigenvalue weighted by Gasteiger charge is -2.12. The number of primary amides is 1. The summed E-state index contributed by atoms with van der Waals surface area (Å²) in [5, 5.41) is 4.23. The van der Waals surface area contributed by atoms with Gasteiger partial charge in [0.05, 0.1) is 48.0 Å². The van der Waals surface area contributed by atoms with Gasteiger partial charge in [-0.1, -0.05) is 31.4 Å². The van der Waals surface area contributed by atoms with Crippen molar-refractivity contribution in [3.05, 3.63) is 95.1 Å². The van der Waals surface area contributed by atoms with Crippen molar-refractivity contribution >= 4 is 17.5 Å². The van der Waals surface area contributed by atoms with E-state index in [4.69, 9.17) is 15.2 Å². The summed E-state index contributed by atoms with van der Waals surface area (Å²) in [6.45, 7) is 10.6. The molecular formula is C26H29F3N4O3. The SMILES string of the molecule is C=C/C(=C\C=C(/C)OCc1c(C(=NC(=C)c2ccc(CC(N)=O)c(C)c2)OC)cnn1C)C(F)(F)F. The van der Waals surface area contributed by atoms with Crippen molar-refractivity contribution in [3.8, 4) is 0 Å². The molecule has 1 heterocycles. The number of rotatable bonds is 10. The molecule has 0 saturated heterocycles. The Balaban J connectivity index is 2.26. The van der Waals surface area contributed by atoms with Crippen LogP contribution in [0.4, 0.5) is 13.2 Å². The largest absolute Gasteiger partial charge is 0.492 e. The van der Waals surface area contributed by atoms with Gasteiger partial charge in [-0.2, -0.15) is 18.3 Å². The molecule has 0 saturated carbocycles. The van der Waals surface area contributed by atoms with E-state index in [0.717, 1.165) is 28.8 Å². The van der Waals surface area contributed by atoms with Gasteiger partial charge in [0, 0.05) is 7.05 Å². The molecule has 1 aromatic carbocycles. The molecule has 2 aromatic rings. The number of aliphatic imine (C=N–C) groups is 1. The van der Waals surface area contributed by atoms with Crippen LogP contribution >= 0.6 is 0 Å². The van der Waals surface area contributed by atoms with Gasteiger partial charge in [-0.25, -0.2) is 4.99 Å². The minimum Gasteiger partial charge on any atom is -0.492 e. The highest BCUT2D eigenvalue weighted by atomic mass is 19.4. The fourth-order valence-corrected chi connectivity index (χ4v) is 3.19. The van der Waals surface area contributed by atoms with Gasteiger partial charge >= 0.3 is 6.18 Å². The zero-order valence-electron chi connectivity index (χ0n) is 20.6. The van der Waals surface area contributed by atoms with E-state index in [2.05, 4.69) is 23.2 Å². The minimum atomic E-state index is -4.50. The zero-order valence-corrected chi connectivity index (χ0v) is 20.6. The highest BCUT2D eigenvalue weighted by Crippen LogP contribution is 2.26. The van der Waals surface area contributed by atoms with Crippen LogP contribution in [0.25, 0.3) is 5.70 Å². The number of amides is 1. The first-order valence-electron chi connectivity index (χ1n) is 10.8. The number of methoxy groups -OCH3 is 1. The average Bonchev–Trinajstić information content (AvgIpc) is 3.16. The van der Waals surface area contributed by atoms with Crippen molar-refractivity contribution in [1.82, 2.24) is 9.78 Å². The molecule has 0 bridgehead atoms. The van der Waals surface area contributed by atoms with Crippen LogP contribution in [0.5, 0.6) is 0 Å². The highest BCUT2D eigenvalue weighted by Gasteiger charge is 2.30. The number of nitrogens with two attached hydrogens (primary N) is 1. The monoisotopic (exact) mass is 502 g/mol. The molecule has 0 unspecified atom stereocenters. The molecule has 0 aliphatic carbocycles. The number of aromatic nitrogens is 2. The maximum atomic E-state index is 12.9. The maximum absolute atomic E-state index is 12.9. The Morgan fingerprint density at radius 1 is 1.31 bits per heavy atom. The van der Waals surface area contributed by atoms with Gasteiger partial charge in [0.1, 0.15) is 6.61 Å². The molecular weight excluding hydrogens is 473 g/mol. The van der Waals surface area contributed by atoms with Crippen molar-refractivity contribution in [2.75, 3.05) is 7.11 Å². The number of nitrogens with zero attached hydrogens (tertiary/aromatic N) is 3. The van der Waals surface area contributed by atoms with Crippen LogP contribution < -0.4 is 5.73 Å². The molecule has 192 valence electrons. The van der Waals surface area contributed by atoms with E-state index < -0.39 is 17.7 Å². The number of allylic oxidation sites excluding steroid dienone is 5. The third kappa shape index (κ3) is 7.46. The van der Waals surface area contributed by atoms with Gasteiger partial charge in [0.2, 0.25) is 11.8 Å². The Bertz CT molecular complexity index is 1240. The molecule has 0 fully saturated rings. The van der Waals surface area contributed by atoms with Crippen LogP contribution in [-0.2, 0) is 34.3 Å². The third-order valence-electron chi connectivity index (χ3n) is 5.24. The van der Waals surface area contributed by atoms with Crippen molar-refractivity contribution in [3.63, 3.8) is 0 Å². The number of halogens is 3. The van der Waals surface area contributed by atoms with Crippen LogP contribution in [0.2, 0.25) is 0 Å². The molecule has 0 atom stereocenters. The second-order valence-corrected chi connectivity index (χ2v) is 7.87. The van der Waals surface area contributed by atoms with E-state index >= 15 is 0 Å². The van der Waals surface area contributed by atoms with E-state index in [1.807, 2.05) is 13.0 Å². The summed E-state index contributed by atoms with van der Waals surface area (Å²) in [5.41, 5.74) is 8.37. The number of hydrogen-bond acceptors (Lipinski definition) is 5. The lowest BCUT2D eigenvalue weighted by atomic mass is 10.0. The first kappa shape index (κ1) is 28.2. The quantitative estimate of drug-likeness (QED) is 0.216. The van der Waals surface area contributed by atoms with Gasteiger partial charge < -0.3 is 15.2 Å². The van der Waals surface area contributed by atoms with Gasteiger partial charge in [-0.15, -0.1) is 0 Å². The number of carbonyl (C=O) groups is 1. The Hall–Kier alpha value is -4.08. The van der Waals surface area contributed by atoms with Crippen LogP contribution in [-0.4, -0.2) is 34.9 Å². The summed E-state index contributed by atoms with van der Waals surface area (Å²) in [7, 11) is 3.15. The van der Waals surface area contributed by atoms with E-state index in [-0.39, 0.29) is 24.7 Å². The van der Waals surface area contributed by atoms with Gasteiger partial charge in [0.15, 0.2) is 0 Å². The van der Waals surface area contributed by atoms with Crippen LogP contribution in [0, 0.1) is 6.92 Å². The van der Waals surface area contributed by atoms with Crippen molar-refractivity contribution in [1.29, 1.82) is 0 Å². The van der Waals surface area contributed by atoms with E-state index in [1.54, 1.807) is 37.0 Å². The number of hydrogen-bond donors (Lipinski definition) is 1. The summed E-state index contributed by atoms with van der Waals surface area (Å²) in [5.74, 6) is 0.0778. The molecule has 1 aromatic heterocycles. The fourth-order valence-electron chi connectivity index (χ4n) is 3.19. The Labute approximate surface area is 208 Å². The highest BCUT2D eigenvalue weighted by molar-refractivity contribution is 5.98. The molecule has 0 radical (unpaired) electrons. The summed E-state index contributed by atoms with van der Waals surface area (Å²) in [4.78, 5) is 15.7. The number of alkyl halides is 3. The van der Waals surface area contributed by atoms with Crippen molar-refractivity contribution in [2.24, 2.45) is 17.8 Å². The minimum absolute atomic E-state index is 0.00717. The zero-order chi connectivity index (χ0) is 27.0. The van der Waals surface area contributed by atoms with E-state index in [0.29, 0.717) is 17.0 Å². The Morgan fingerprint density at radius 2 is 2.00 bits per heavy atom. The average molecular weight is 503 g/mol. The summed E-state index contributed by atoms with van der Waals surface area (Å²) < 4.78 is 51.3. The van der Waals surface area contributed by atoms with Crippen LogP contribution in [0.15, 0.2) is 72.1 Å². The number of aryl methyl sites for hydroxylation is 2. The van der Waals surface area contributed by atoms with Gasteiger partial charge in [0.25, 0.3) is 0 Å². The van der Waals surface area contributed by atoms with Gasteiger partial charge in [-0.3, -0.25) is 9.48 Å². The molecule has 2 N–H and O–H groups in total. The van der Waals surface area contributed by atoms with E-state index in [1.165, 1.54) is 13.2 Å². The normalized spacial score (nSPS) is 12.9. The lowest BCUT2D eigenvalue weighted by Crippen LogP contribution is -2.14. The molecule has 1 amide bonds. The van der Waals surface area contributed by atoms with Crippen LogP contribution in [0.1, 0.15) is 34.9 Å². The topological polar surface area (TPSA) is 91.7 Å². The standard InChI is InChI=1S/C26H29F3N4O3/c1-7-21(26(27,28)29)11-8-17(3)36-15-23-22(14-31-33(23)5)25(35-6)32-18(4)20-10-9-19(13-24(30)34)16(2)12-20/h7-12,14H,1,4,13,15H2,2-3,5-6H3,(H2,30,34)/b17-8+,21-11+,32-25?. The molecule has 0 aliphatic rings. The third-order valence-corrected chi connectivity index (χ3v) is 5.24. The fraction of sp³-hybridized carbons (Fsp3) is 0.269. The predicted octanol–water partition coefficient (Wildman–Crippen LogP) is 4.92. The summed E-state index contributed by atoms with van der Waals surface area (Å²) in [6.07, 6.45) is 0.0464. The van der Waals surface area contributed by atoms with Gasteiger partial charge in [-0.05, 0) is 48.8 Å². The molecule has 2 rings (SSSR count). The Morgan fingerprint density at radius 3 is 2.56 bits per heavy atom. The maximum Gasteiger partial charge on any atom is 0.416 e. The van der Waals surface area contributed by atoms with Crippen LogP contribution in [0.3, 0.4) is 0 Å². The molecule has 0 aliphatic heterocycles. The number of ether oxygens (including phenoxy) is 2. The Kier molecular flexibility index (Phi) is 9.43. The first-order valence-corrected chi connectivity index (χ1v) is 10.8. The predicted molar refractivity (Wildman–Crippen MR) is 133 cm³/mol. The first-order chi connectivity index (χ1) is 16.9. The summed E-state index contributed by atoms with van der Waals surface area (Å²) in [6, 6.07) is 5.44. The summed E-state index contributed by atoms with van der Waals surface area (Å²) >= 11 is 0. The second-order valence-electron chi connectivity index (χ2n) is 7.87. The molecule has 0 spiro atoms. The lowest BCUT2D eigenvalue weighted by molar-refractivity contribution is -0.117. The van der Waals surface area contributed by atoms with Crippen molar-refractivity contribution < 1.29 is 27.4 Å². The number of benzene rings is 1. The molecule has 36 heavy (non-hydrogen) atoms. The molecule has 7 nitrogen and oxygen atoms in total. The van der Waals surface area contributed by atoms with E-state index in [9.17, 15) is 18.0 Å².